The van der Waals surface area contributed by atoms with Gasteiger partial charge in [-0.3, -0.25) is 9.59 Å². The van der Waals surface area contributed by atoms with Gasteiger partial charge in [-0.05, 0) is 92.0 Å². The van der Waals surface area contributed by atoms with E-state index in [-0.39, 0.29) is 18.1 Å². The Morgan fingerprint density at radius 1 is 1.08 bits per heavy atom. The van der Waals surface area contributed by atoms with E-state index in [1.807, 2.05) is 32.9 Å². The van der Waals surface area contributed by atoms with Gasteiger partial charge in [0.05, 0.1) is 26.1 Å². The average Bonchev–Trinajstić information content (AvgIpc) is 2.84. The summed E-state index contributed by atoms with van der Waals surface area (Å²) in [6.45, 7) is 5.74. The normalized spacial score (nSPS) is 11.8. The Bertz CT molecular complexity index is 1590. The Balaban J connectivity index is 1.58. The molecule has 196 valence electrons. The van der Waals surface area contributed by atoms with Crippen molar-refractivity contribution in [2.45, 2.75) is 26.2 Å². The molecule has 0 bridgehead atoms. The van der Waals surface area contributed by atoms with Crippen LogP contribution in [0.3, 0.4) is 0 Å². The lowest BCUT2D eigenvalue weighted by atomic mass is 9.95. The highest BCUT2D eigenvalue weighted by Gasteiger charge is 2.23. The summed E-state index contributed by atoms with van der Waals surface area (Å²) in [6, 6.07) is 15.8. The minimum absolute atomic E-state index is 0.198. The van der Waals surface area contributed by atoms with Crippen LogP contribution in [0, 0.1) is 0 Å². The fourth-order valence-electron chi connectivity index (χ4n) is 3.53. The second kappa shape index (κ2) is 11.7. The highest BCUT2D eigenvalue weighted by atomic mass is 79.9. The third-order valence-electron chi connectivity index (χ3n) is 5.30. The molecule has 7 nitrogen and oxygen atoms in total. The zero-order chi connectivity index (χ0) is 27.6. The third-order valence-corrected chi connectivity index (χ3v) is 7.22. The summed E-state index contributed by atoms with van der Waals surface area (Å²) in [6.07, 6.45) is 1.58. The van der Waals surface area contributed by atoms with Gasteiger partial charge in [-0.15, -0.1) is 0 Å². The molecule has 3 aromatic carbocycles. The standard InChI is InChI=1S/C27H22Br3ClN4O3/c1-27(2,3)26-34-22-9-4-16(28)12-19(22)25(37)35(26)32-13-15-10-20(29)24(21(30)11-15)38-14-23(36)33-18-7-5-17(31)6-8-18/h4-13H,14H2,1-3H3,(H,33,36). The molecule has 0 radical (unpaired) electrons. The lowest BCUT2D eigenvalue weighted by molar-refractivity contribution is -0.118. The Hall–Kier alpha value is -2.53. The van der Waals surface area contributed by atoms with E-state index in [1.54, 1.807) is 48.7 Å². The van der Waals surface area contributed by atoms with Crippen molar-refractivity contribution in [2.24, 2.45) is 5.10 Å². The monoisotopic (exact) mass is 722 g/mol. The van der Waals surface area contributed by atoms with Gasteiger partial charge in [-0.2, -0.15) is 9.78 Å². The number of hydrogen-bond acceptors (Lipinski definition) is 5. The molecule has 0 fully saturated rings. The minimum Gasteiger partial charge on any atom is -0.481 e. The summed E-state index contributed by atoms with van der Waals surface area (Å²) >= 11 is 16.3. The molecule has 0 unspecified atom stereocenters. The van der Waals surface area contributed by atoms with Gasteiger partial charge in [0.1, 0.15) is 11.6 Å². The van der Waals surface area contributed by atoms with Crippen LogP contribution >= 0.6 is 59.4 Å². The summed E-state index contributed by atoms with van der Waals surface area (Å²) in [5.74, 6) is 0.679. The van der Waals surface area contributed by atoms with Crippen LogP contribution in [0.4, 0.5) is 5.69 Å². The number of ether oxygens (including phenoxy) is 1. The Kier molecular flexibility index (Phi) is 8.76. The number of amides is 1. The van der Waals surface area contributed by atoms with Crippen LogP contribution in [0.15, 0.2) is 77.9 Å². The quantitative estimate of drug-likeness (QED) is 0.208. The van der Waals surface area contributed by atoms with Crippen molar-refractivity contribution in [3.8, 4) is 5.75 Å². The van der Waals surface area contributed by atoms with E-state index < -0.39 is 5.41 Å². The molecule has 0 aliphatic rings. The predicted molar refractivity (Wildman–Crippen MR) is 163 cm³/mol. The number of rotatable bonds is 6. The van der Waals surface area contributed by atoms with Gasteiger partial charge in [0.15, 0.2) is 6.61 Å². The first-order valence-corrected chi connectivity index (χ1v) is 14.1. The fraction of sp³-hybridized carbons (Fsp3) is 0.185. The number of nitrogens with zero attached hydrogens (tertiary/aromatic N) is 3. The maximum Gasteiger partial charge on any atom is 0.282 e. The molecule has 0 saturated heterocycles. The number of benzene rings is 3. The van der Waals surface area contributed by atoms with Crippen LogP contribution in [0.25, 0.3) is 10.9 Å². The van der Waals surface area contributed by atoms with Crippen molar-refractivity contribution >= 4 is 88.1 Å². The van der Waals surface area contributed by atoms with Crippen LogP contribution < -0.4 is 15.6 Å². The lowest BCUT2D eigenvalue weighted by Gasteiger charge is -2.21. The van der Waals surface area contributed by atoms with Gasteiger partial charge in [0.25, 0.3) is 11.5 Å². The van der Waals surface area contributed by atoms with Crippen molar-refractivity contribution in [2.75, 3.05) is 11.9 Å². The Labute approximate surface area is 249 Å². The number of carbonyl (C=O) groups excluding carboxylic acids is 1. The van der Waals surface area contributed by atoms with E-state index >= 15 is 0 Å². The van der Waals surface area contributed by atoms with E-state index in [0.717, 1.165) is 4.47 Å². The molecule has 11 heteroatoms. The number of nitrogens with one attached hydrogen (secondary N) is 1. The third kappa shape index (κ3) is 6.72. The molecule has 1 amide bonds. The molecule has 38 heavy (non-hydrogen) atoms. The molecule has 0 atom stereocenters. The summed E-state index contributed by atoms with van der Waals surface area (Å²) < 4.78 is 9.08. The van der Waals surface area contributed by atoms with E-state index in [2.05, 4.69) is 58.2 Å². The van der Waals surface area contributed by atoms with Crippen LogP contribution in [0.1, 0.15) is 32.2 Å². The molecule has 0 saturated carbocycles. The van der Waals surface area contributed by atoms with Crippen molar-refractivity contribution in [1.29, 1.82) is 0 Å². The smallest absolute Gasteiger partial charge is 0.282 e. The van der Waals surface area contributed by atoms with Crippen LogP contribution in [0.5, 0.6) is 5.75 Å². The first kappa shape index (κ1) is 28.5. The summed E-state index contributed by atoms with van der Waals surface area (Å²) in [7, 11) is 0. The van der Waals surface area contributed by atoms with E-state index in [9.17, 15) is 9.59 Å². The van der Waals surface area contributed by atoms with Crippen LogP contribution in [0.2, 0.25) is 5.02 Å². The topological polar surface area (TPSA) is 85.6 Å². The van der Waals surface area contributed by atoms with Gasteiger partial charge in [0.2, 0.25) is 0 Å². The van der Waals surface area contributed by atoms with E-state index in [0.29, 0.717) is 47.7 Å². The first-order valence-electron chi connectivity index (χ1n) is 11.4. The molecule has 1 N–H and O–H groups in total. The highest BCUT2D eigenvalue weighted by Crippen LogP contribution is 2.34. The van der Waals surface area contributed by atoms with Gasteiger partial charge in [0, 0.05) is 20.6 Å². The zero-order valence-corrected chi connectivity index (χ0v) is 26.1. The molecule has 1 aromatic heterocycles. The largest absolute Gasteiger partial charge is 0.481 e. The zero-order valence-electron chi connectivity index (χ0n) is 20.6. The van der Waals surface area contributed by atoms with Crippen molar-refractivity contribution in [3.05, 3.63) is 94.8 Å². The Morgan fingerprint density at radius 2 is 1.74 bits per heavy atom. The van der Waals surface area contributed by atoms with Crippen molar-refractivity contribution in [1.82, 2.24) is 9.66 Å². The maximum atomic E-state index is 13.4. The molecule has 1 heterocycles. The highest BCUT2D eigenvalue weighted by molar-refractivity contribution is 9.11. The molecular weight excluding hydrogens is 703 g/mol. The van der Waals surface area contributed by atoms with Crippen molar-refractivity contribution in [3.63, 3.8) is 0 Å². The van der Waals surface area contributed by atoms with E-state index in [1.165, 1.54) is 4.68 Å². The SMILES string of the molecule is CC(C)(C)c1nc2ccc(Br)cc2c(=O)n1N=Cc1cc(Br)c(OCC(=O)Nc2ccc(Cl)cc2)c(Br)c1. The molecular formula is C27H22Br3ClN4O3. The molecule has 0 aliphatic carbocycles. The minimum atomic E-state index is -0.427. The average molecular weight is 726 g/mol. The number of halogens is 4. The van der Waals surface area contributed by atoms with Gasteiger partial charge < -0.3 is 10.1 Å². The van der Waals surface area contributed by atoms with Gasteiger partial charge in [-0.25, -0.2) is 4.98 Å². The molecule has 0 aliphatic heterocycles. The number of aromatic nitrogens is 2. The molecule has 4 aromatic rings. The fourth-order valence-corrected chi connectivity index (χ4v) is 5.46. The maximum absolute atomic E-state index is 13.4. The van der Waals surface area contributed by atoms with Gasteiger partial charge in [-0.1, -0.05) is 48.3 Å². The van der Waals surface area contributed by atoms with Crippen molar-refractivity contribution < 1.29 is 9.53 Å². The second-order valence-corrected chi connectivity index (χ2v) is 12.4. The lowest BCUT2D eigenvalue weighted by Crippen LogP contribution is -2.29. The van der Waals surface area contributed by atoms with Crippen LogP contribution in [-0.4, -0.2) is 28.4 Å². The van der Waals surface area contributed by atoms with Crippen LogP contribution in [-0.2, 0) is 10.2 Å². The summed E-state index contributed by atoms with van der Waals surface area (Å²) in [5, 5.41) is 8.31. The first-order chi connectivity index (χ1) is 17.9. The molecule has 4 rings (SSSR count). The summed E-state index contributed by atoms with van der Waals surface area (Å²) in [4.78, 5) is 30.4. The summed E-state index contributed by atoms with van der Waals surface area (Å²) in [5.41, 5.74) is 1.24. The molecule has 0 spiro atoms. The predicted octanol–water partition coefficient (Wildman–Crippen LogP) is 7.53. The van der Waals surface area contributed by atoms with E-state index in [4.69, 9.17) is 21.3 Å². The number of carbonyl (C=O) groups is 1. The number of fused-ring (bicyclic) bond motifs is 1. The Morgan fingerprint density at radius 3 is 2.37 bits per heavy atom. The second-order valence-electron chi connectivity index (χ2n) is 9.37. The number of hydrogen-bond donors (Lipinski definition) is 1. The van der Waals surface area contributed by atoms with Gasteiger partial charge >= 0.3 is 0 Å². The number of anilines is 1.